The normalized spacial score (nSPS) is 23.6. The van der Waals surface area contributed by atoms with Crippen molar-refractivity contribution in [3.05, 3.63) is 23.3 Å². The SMILES string of the molecule is C#CC1=C/C(=C\C#N)[C@@H](O[Si](C)(C)C(C)(C)C)[C@H](O[Si](C)(C)C(C)(C)C)C1. The van der Waals surface area contributed by atoms with Crippen LogP contribution in [0.2, 0.25) is 36.3 Å². The lowest BCUT2D eigenvalue weighted by atomic mass is 9.90. The van der Waals surface area contributed by atoms with E-state index in [1.54, 1.807) is 6.08 Å². The highest BCUT2D eigenvalue weighted by Crippen LogP contribution is 2.43. The molecule has 0 fully saturated rings. The summed E-state index contributed by atoms with van der Waals surface area (Å²) in [7, 11) is -4.07. The Hall–Kier alpha value is -1.12. The van der Waals surface area contributed by atoms with Crippen LogP contribution in [0.5, 0.6) is 0 Å². The molecule has 150 valence electrons. The third-order valence-electron chi connectivity index (χ3n) is 6.32. The van der Waals surface area contributed by atoms with Gasteiger partial charge >= 0.3 is 0 Å². The molecule has 0 N–H and O–H groups in total. The van der Waals surface area contributed by atoms with E-state index < -0.39 is 16.6 Å². The first kappa shape index (κ1) is 23.9. The van der Waals surface area contributed by atoms with E-state index >= 15 is 0 Å². The summed E-state index contributed by atoms with van der Waals surface area (Å²) in [6.45, 7) is 22.3. The van der Waals surface area contributed by atoms with Gasteiger partial charge in [0, 0.05) is 18.1 Å². The molecule has 0 spiro atoms. The van der Waals surface area contributed by atoms with Crippen molar-refractivity contribution in [1.82, 2.24) is 0 Å². The molecule has 1 aliphatic carbocycles. The van der Waals surface area contributed by atoms with Gasteiger partial charge < -0.3 is 8.85 Å². The minimum absolute atomic E-state index is 0.0718. The molecule has 3 nitrogen and oxygen atoms in total. The Morgan fingerprint density at radius 3 is 1.93 bits per heavy atom. The fraction of sp³-hybridized carbons (Fsp3) is 0.682. The summed E-state index contributed by atoms with van der Waals surface area (Å²) in [6.07, 6.45) is 9.46. The second-order valence-corrected chi connectivity index (χ2v) is 20.0. The Bertz CT molecular complexity index is 692. The molecule has 5 heteroatoms. The second-order valence-electron chi connectivity index (χ2n) is 10.5. The molecule has 2 atom stereocenters. The van der Waals surface area contributed by atoms with Crippen molar-refractivity contribution in [3.63, 3.8) is 0 Å². The van der Waals surface area contributed by atoms with Gasteiger partial charge in [0.05, 0.1) is 18.3 Å². The molecule has 0 unspecified atom stereocenters. The van der Waals surface area contributed by atoms with E-state index in [-0.39, 0.29) is 22.3 Å². The minimum atomic E-state index is -2.05. The molecule has 0 heterocycles. The van der Waals surface area contributed by atoms with Crippen LogP contribution in [0.1, 0.15) is 48.0 Å². The van der Waals surface area contributed by atoms with Crippen molar-refractivity contribution >= 4 is 16.6 Å². The number of terminal acetylenes is 1. The Morgan fingerprint density at radius 1 is 1.04 bits per heavy atom. The summed E-state index contributed by atoms with van der Waals surface area (Å²) in [4.78, 5) is 0. The summed E-state index contributed by atoms with van der Waals surface area (Å²) in [5.74, 6) is 2.76. The highest BCUT2D eigenvalue weighted by atomic mass is 28.4. The Kier molecular flexibility index (Phi) is 7.17. The molecule has 0 aromatic rings. The Morgan fingerprint density at radius 2 is 1.52 bits per heavy atom. The van der Waals surface area contributed by atoms with Crippen molar-refractivity contribution in [1.29, 1.82) is 5.26 Å². The lowest BCUT2D eigenvalue weighted by Crippen LogP contribution is -2.53. The second kappa shape index (κ2) is 8.09. The van der Waals surface area contributed by atoms with Gasteiger partial charge in [-0.25, -0.2) is 0 Å². The van der Waals surface area contributed by atoms with Crippen molar-refractivity contribution < 1.29 is 8.85 Å². The third kappa shape index (κ3) is 5.68. The number of nitriles is 1. The van der Waals surface area contributed by atoms with Crippen LogP contribution in [0.3, 0.4) is 0 Å². The van der Waals surface area contributed by atoms with Gasteiger partial charge in [-0.2, -0.15) is 5.26 Å². The highest BCUT2D eigenvalue weighted by molar-refractivity contribution is 6.74. The predicted molar refractivity (Wildman–Crippen MR) is 119 cm³/mol. The molecule has 27 heavy (non-hydrogen) atoms. The van der Waals surface area contributed by atoms with E-state index in [9.17, 15) is 5.26 Å². The Balaban J connectivity index is 3.40. The first-order chi connectivity index (χ1) is 12.1. The molecular formula is C22H37NO2Si2. The number of rotatable bonds is 4. The van der Waals surface area contributed by atoms with E-state index in [2.05, 4.69) is 79.7 Å². The molecule has 0 aliphatic heterocycles. The zero-order valence-electron chi connectivity index (χ0n) is 18.9. The lowest BCUT2D eigenvalue weighted by Gasteiger charge is -2.46. The zero-order valence-corrected chi connectivity index (χ0v) is 20.9. The molecule has 0 saturated heterocycles. The first-order valence-corrected chi connectivity index (χ1v) is 15.5. The number of allylic oxidation sites excluding steroid dienone is 1. The fourth-order valence-electron chi connectivity index (χ4n) is 2.48. The van der Waals surface area contributed by atoms with Crippen LogP contribution in [0.4, 0.5) is 0 Å². The Labute approximate surface area is 169 Å². The first-order valence-electron chi connectivity index (χ1n) is 9.68. The molecule has 0 aromatic carbocycles. The van der Waals surface area contributed by atoms with Crippen molar-refractivity contribution in [3.8, 4) is 18.4 Å². The van der Waals surface area contributed by atoms with Crippen molar-refractivity contribution in [2.75, 3.05) is 0 Å². The molecule has 1 aliphatic rings. The van der Waals surface area contributed by atoms with Gasteiger partial charge in [0.1, 0.15) is 0 Å². The van der Waals surface area contributed by atoms with Gasteiger partial charge in [0.2, 0.25) is 0 Å². The third-order valence-corrected chi connectivity index (χ3v) is 15.3. The van der Waals surface area contributed by atoms with Gasteiger partial charge in [-0.15, -0.1) is 6.42 Å². The van der Waals surface area contributed by atoms with Gasteiger partial charge in [0.25, 0.3) is 0 Å². The summed E-state index contributed by atoms with van der Waals surface area (Å²) < 4.78 is 13.5. The molecule has 0 amide bonds. The topological polar surface area (TPSA) is 42.2 Å². The average molecular weight is 404 g/mol. The van der Waals surface area contributed by atoms with Crippen LogP contribution in [0.25, 0.3) is 0 Å². The molecular weight excluding hydrogens is 366 g/mol. The largest absolute Gasteiger partial charge is 0.411 e. The molecule has 0 bridgehead atoms. The standard InChI is InChI=1S/C22H37NO2Si2/c1-12-17-15-18(13-14-23)20(25-27(10,11)22(5,6)7)19(16-17)24-26(8,9)21(2,3)4/h1,13,15,19-20H,16H2,2-11H3/b18-13+/t19-,20-/m1/s1. The van der Waals surface area contributed by atoms with E-state index in [0.717, 1.165) is 11.1 Å². The van der Waals surface area contributed by atoms with Crippen LogP contribution in [-0.4, -0.2) is 28.8 Å². The van der Waals surface area contributed by atoms with E-state index in [1.165, 1.54) is 0 Å². The molecule has 0 radical (unpaired) electrons. The fourth-order valence-corrected chi connectivity index (χ4v) is 5.07. The number of hydrogen-bond donors (Lipinski definition) is 0. The molecule has 1 rings (SSSR count). The lowest BCUT2D eigenvalue weighted by molar-refractivity contribution is 0.0560. The predicted octanol–water partition coefficient (Wildman–Crippen LogP) is 6.18. The number of hydrogen-bond acceptors (Lipinski definition) is 3. The van der Waals surface area contributed by atoms with Gasteiger partial charge in [-0.3, -0.25) is 0 Å². The maximum Gasteiger partial charge on any atom is 0.193 e. The quantitative estimate of drug-likeness (QED) is 0.320. The summed E-state index contributed by atoms with van der Waals surface area (Å²) >= 11 is 0. The van der Waals surface area contributed by atoms with Crippen LogP contribution in [-0.2, 0) is 8.85 Å². The molecule has 0 saturated carbocycles. The van der Waals surface area contributed by atoms with Gasteiger partial charge in [0.15, 0.2) is 16.6 Å². The summed E-state index contributed by atoms with van der Waals surface area (Å²) in [5.41, 5.74) is 1.71. The zero-order chi connectivity index (χ0) is 21.3. The molecule has 0 aromatic heterocycles. The smallest absolute Gasteiger partial charge is 0.193 e. The van der Waals surface area contributed by atoms with Crippen molar-refractivity contribution in [2.45, 2.75) is 96.4 Å². The highest BCUT2D eigenvalue weighted by Gasteiger charge is 2.46. The maximum atomic E-state index is 9.32. The number of nitrogens with zero attached hydrogens (tertiary/aromatic N) is 1. The van der Waals surface area contributed by atoms with E-state index in [1.807, 2.05) is 6.08 Å². The summed E-state index contributed by atoms with van der Waals surface area (Å²) in [5, 5.41) is 9.48. The van der Waals surface area contributed by atoms with Gasteiger partial charge in [-0.05, 0) is 47.9 Å². The van der Waals surface area contributed by atoms with Crippen LogP contribution in [0.15, 0.2) is 23.3 Å². The van der Waals surface area contributed by atoms with Crippen LogP contribution >= 0.6 is 0 Å². The monoisotopic (exact) mass is 403 g/mol. The van der Waals surface area contributed by atoms with E-state index in [0.29, 0.717) is 6.42 Å². The van der Waals surface area contributed by atoms with Crippen LogP contribution in [0, 0.1) is 23.7 Å². The maximum absolute atomic E-state index is 9.32. The minimum Gasteiger partial charge on any atom is -0.411 e. The van der Waals surface area contributed by atoms with Crippen molar-refractivity contribution in [2.24, 2.45) is 0 Å². The van der Waals surface area contributed by atoms with Crippen LogP contribution < -0.4 is 0 Å². The summed E-state index contributed by atoms with van der Waals surface area (Å²) in [6, 6.07) is 2.17. The van der Waals surface area contributed by atoms with Gasteiger partial charge in [-0.1, -0.05) is 47.5 Å². The average Bonchev–Trinajstić information content (AvgIpc) is 2.47. The van der Waals surface area contributed by atoms with E-state index in [4.69, 9.17) is 15.3 Å².